The van der Waals surface area contributed by atoms with Gasteiger partial charge in [0.25, 0.3) is 0 Å². The van der Waals surface area contributed by atoms with Crippen LogP contribution in [0.4, 0.5) is 0 Å². The van der Waals surface area contributed by atoms with Crippen LogP contribution in [-0.2, 0) is 0 Å². The maximum Gasteiger partial charge on any atom is 0.0580 e. The van der Waals surface area contributed by atoms with Crippen molar-refractivity contribution < 1.29 is 5.11 Å². The zero-order valence-electron chi connectivity index (χ0n) is 11.7. The van der Waals surface area contributed by atoms with Gasteiger partial charge in [0, 0.05) is 12.6 Å². The third-order valence-corrected chi connectivity index (χ3v) is 4.31. The predicted octanol–water partition coefficient (Wildman–Crippen LogP) is 2.90. The molecule has 0 aliphatic heterocycles. The van der Waals surface area contributed by atoms with E-state index in [0.29, 0.717) is 17.4 Å². The molecule has 1 saturated carbocycles. The average molecular weight is 227 g/mol. The van der Waals surface area contributed by atoms with E-state index in [0.717, 1.165) is 13.0 Å². The molecule has 0 heterocycles. The summed E-state index contributed by atoms with van der Waals surface area (Å²) in [5, 5.41) is 9.98. The summed E-state index contributed by atoms with van der Waals surface area (Å²) in [4.78, 5) is 2.42. The lowest BCUT2D eigenvalue weighted by Gasteiger charge is -2.39. The van der Waals surface area contributed by atoms with Crippen LogP contribution in [0.5, 0.6) is 0 Å². The summed E-state index contributed by atoms with van der Waals surface area (Å²) in [6, 6.07) is 0.557. The van der Waals surface area contributed by atoms with Gasteiger partial charge in [-0.3, -0.25) is 0 Å². The minimum absolute atomic E-state index is 0.0663. The largest absolute Gasteiger partial charge is 0.393 e. The van der Waals surface area contributed by atoms with Crippen LogP contribution in [0.2, 0.25) is 0 Å². The van der Waals surface area contributed by atoms with Crippen LogP contribution in [0, 0.1) is 11.3 Å². The normalized spacial score (nSPS) is 29.4. The first-order valence-corrected chi connectivity index (χ1v) is 6.70. The molecule has 1 aliphatic carbocycles. The van der Waals surface area contributed by atoms with Crippen LogP contribution < -0.4 is 0 Å². The molecule has 3 unspecified atom stereocenters. The summed E-state index contributed by atoms with van der Waals surface area (Å²) in [5.41, 5.74) is 0.314. The van der Waals surface area contributed by atoms with E-state index in [1.807, 2.05) is 0 Å². The Morgan fingerprint density at radius 3 is 2.31 bits per heavy atom. The van der Waals surface area contributed by atoms with Crippen molar-refractivity contribution in [2.24, 2.45) is 11.3 Å². The second-order valence-electron chi connectivity index (χ2n) is 6.59. The molecule has 0 aromatic heterocycles. The van der Waals surface area contributed by atoms with Crippen molar-refractivity contribution in [3.05, 3.63) is 0 Å². The molecule has 96 valence electrons. The Bertz CT molecular complexity index is 209. The van der Waals surface area contributed by atoms with Crippen LogP contribution >= 0.6 is 0 Å². The topological polar surface area (TPSA) is 23.5 Å². The molecule has 1 N–H and O–H groups in total. The van der Waals surface area contributed by atoms with E-state index in [9.17, 15) is 5.11 Å². The zero-order chi connectivity index (χ0) is 12.3. The highest BCUT2D eigenvalue weighted by Gasteiger charge is 2.29. The van der Waals surface area contributed by atoms with Crippen LogP contribution in [0.15, 0.2) is 0 Å². The second kappa shape index (κ2) is 5.50. The molecule has 16 heavy (non-hydrogen) atoms. The Morgan fingerprint density at radius 1 is 1.25 bits per heavy atom. The van der Waals surface area contributed by atoms with Gasteiger partial charge in [-0.05, 0) is 38.1 Å². The summed E-state index contributed by atoms with van der Waals surface area (Å²) in [7, 11) is 2.19. The first-order valence-electron chi connectivity index (χ1n) is 6.70. The van der Waals surface area contributed by atoms with E-state index in [4.69, 9.17) is 0 Å². The molecular formula is C14H29NO. The molecule has 0 saturated heterocycles. The van der Waals surface area contributed by atoms with E-state index in [1.165, 1.54) is 19.3 Å². The predicted molar refractivity (Wildman–Crippen MR) is 69.5 cm³/mol. The Hall–Kier alpha value is -0.0800. The van der Waals surface area contributed by atoms with Gasteiger partial charge in [-0.15, -0.1) is 0 Å². The third kappa shape index (κ3) is 3.74. The summed E-state index contributed by atoms with van der Waals surface area (Å²) < 4.78 is 0. The SMILES string of the molecule is CC(N(C)CC1CCCCC1O)C(C)(C)C. The standard InChI is InChI=1S/C14H29NO/c1-11(14(2,3)4)15(5)10-12-8-6-7-9-13(12)16/h11-13,16H,6-10H2,1-5H3. The maximum atomic E-state index is 9.98. The maximum absolute atomic E-state index is 9.98. The van der Waals surface area contributed by atoms with Gasteiger partial charge < -0.3 is 10.0 Å². The fraction of sp³-hybridized carbons (Fsp3) is 1.00. The number of aliphatic hydroxyl groups excluding tert-OH is 1. The van der Waals surface area contributed by atoms with Crippen LogP contribution in [0.1, 0.15) is 53.4 Å². The molecule has 2 nitrogen and oxygen atoms in total. The van der Waals surface area contributed by atoms with Crippen molar-refractivity contribution in [1.29, 1.82) is 0 Å². The number of nitrogens with zero attached hydrogens (tertiary/aromatic N) is 1. The molecule has 0 radical (unpaired) electrons. The highest BCUT2D eigenvalue weighted by atomic mass is 16.3. The Morgan fingerprint density at radius 2 is 1.81 bits per heavy atom. The molecule has 0 aromatic rings. The van der Waals surface area contributed by atoms with Crippen molar-refractivity contribution in [2.75, 3.05) is 13.6 Å². The Balaban J connectivity index is 2.46. The highest BCUT2D eigenvalue weighted by Crippen LogP contribution is 2.28. The smallest absolute Gasteiger partial charge is 0.0580 e. The number of hydrogen-bond donors (Lipinski definition) is 1. The minimum Gasteiger partial charge on any atom is -0.393 e. The van der Waals surface area contributed by atoms with Crippen molar-refractivity contribution >= 4 is 0 Å². The Labute approximate surface area is 101 Å². The van der Waals surface area contributed by atoms with Crippen molar-refractivity contribution in [2.45, 2.75) is 65.5 Å². The first kappa shape index (κ1) is 14.0. The molecule has 3 atom stereocenters. The van der Waals surface area contributed by atoms with Gasteiger partial charge in [0.1, 0.15) is 0 Å². The van der Waals surface area contributed by atoms with E-state index in [1.54, 1.807) is 0 Å². The molecule has 0 bridgehead atoms. The van der Waals surface area contributed by atoms with Crippen molar-refractivity contribution in [1.82, 2.24) is 4.90 Å². The monoisotopic (exact) mass is 227 g/mol. The molecular weight excluding hydrogens is 198 g/mol. The molecule has 1 aliphatic rings. The molecule has 1 rings (SSSR count). The molecule has 0 spiro atoms. The molecule has 1 fully saturated rings. The van der Waals surface area contributed by atoms with Gasteiger partial charge in [-0.25, -0.2) is 0 Å². The van der Waals surface area contributed by atoms with Gasteiger partial charge in [0.15, 0.2) is 0 Å². The van der Waals surface area contributed by atoms with E-state index in [-0.39, 0.29) is 6.10 Å². The second-order valence-corrected chi connectivity index (χ2v) is 6.59. The third-order valence-electron chi connectivity index (χ3n) is 4.31. The number of hydrogen-bond acceptors (Lipinski definition) is 2. The van der Waals surface area contributed by atoms with Gasteiger partial charge >= 0.3 is 0 Å². The highest BCUT2D eigenvalue weighted by molar-refractivity contribution is 4.82. The van der Waals surface area contributed by atoms with Crippen molar-refractivity contribution in [3.63, 3.8) is 0 Å². The van der Waals surface area contributed by atoms with Crippen LogP contribution in [0.25, 0.3) is 0 Å². The summed E-state index contributed by atoms with van der Waals surface area (Å²) in [5.74, 6) is 0.489. The van der Waals surface area contributed by atoms with E-state index < -0.39 is 0 Å². The lowest BCUT2D eigenvalue weighted by atomic mass is 9.83. The first-order chi connectivity index (χ1) is 7.32. The quantitative estimate of drug-likeness (QED) is 0.801. The summed E-state index contributed by atoms with van der Waals surface area (Å²) >= 11 is 0. The van der Waals surface area contributed by atoms with Gasteiger partial charge in [0.05, 0.1) is 6.10 Å². The molecule has 0 amide bonds. The average Bonchev–Trinajstić information content (AvgIpc) is 2.19. The Kier molecular flexibility index (Phi) is 4.81. The van der Waals surface area contributed by atoms with Gasteiger partial charge in [-0.1, -0.05) is 33.6 Å². The summed E-state index contributed by atoms with van der Waals surface area (Å²) in [6.45, 7) is 10.2. The minimum atomic E-state index is -0.0663. The summed E-state index contributed by atoms with van der Waals surface area (Å²) in [6.07, 6.45) is 4.63. The number of rotatable bonds is 3. The van der Waals surface area contributed by atoms with E-state index >= 15 is 0 Å². The van der Waals surface area contributed by atoms with Gasteiger partial charge in [-0.2, -0.15) is 0 Å². The zero-order valence-corrected chi connectivity index (χ0v) is 11.7. The molecule has 2 heteroatoms. The van der Waals surface area contributed by atoms with Gasteiger partial charge in [0.2, 0.25) is 0 Å². The lowest BCUT2D eigenvalue weighted by Crippen LogP contribution is -2.44. The van der Waals surface area contributed by atoms with Crippen LogP contribution in [0.3, 0.4) is 0 Å². The molecule has 0 aromatic carbocycles. The van der Waals surface area contributed by atoms with Crippen LogP contribution in [-0.4, -0.2) is 35.7 Å². The lowest BCUT2D eigenvalue weighted by molar-refractivity contribution is 0.0311. The number of aliphatic hydroxyl groups is 1. The van der Waals surface area contributed by atoms with E-state index in [2.05, 4.69) is 39.6 Å². The fourth-order valence-electron chi connectivity index (χ4n) is 2.59. The van der Waals surface area contributed by atoms with Crippen molar-refractivity contribution in [3.8, 4) is 0 Å². The fourth-order valence-corrected chi connectivity index (χ4v) is 2.59.